The van der Waals surface area contributed by atoms with Gasteiger partial charge >= 0.3 is 5.97 Å². The molecule has 100 valence electrons. The van der Waals surface area contributed by atoms with E-state index in [2.05, 4.69) is 18.7 Å². The maximum atomic E-state index is 10.8. The molecular weight excluding hydrogens is 218 g/mol. The van der Waals surface area contributed by atoms with Crippen LogP contribution in [0.3, 0.4) is 0 Å². The molecule has 0 aromatic carbocycles. The first-order chi connectivity index (χ1) is 7.82. The minimum absolute atomic E-state index is 0.259. The van der Waals surface area contributed by atoms with Gasteiger partial charge in [0.2, 0.25) is 0 Å². The summed E-state index contributed by atoms with van der Waals surface area (Å²) in [5.74, 6) is -0.396. The lowest BCUT2D eigenvalue weighted by atomic mass is 9.78. The Labute approximate surface area is 104 Å². The van der Waals surface area contributed by atoms with Gasteiger partial charge in [-0.05, 0) is 38.6 Å². The van der Waals surface area contributed by atoms with Crippen molar-refractivity contribution in [1.82, 2.24) is 4.90 Å². The van der Waals surface area contributed by atoms with Gasteiger partial charge < -0.3 is 15.1 Å². The number of carboxylic acids is 1. The summed E-state index contributed by atoms with van der Waals surface area (Å²) in [6.07, 6.45) is 2.40. The van der Waals surface area contributed by atoms with Crippen LogP contribution in [-0.2, 0) is 4.79 Å². The van der Waals surface area contributed by atoms with Gasteiger partial charge in [0.05, 0.1) is 11.5 Å². The summed E-state index contributed by atoms with van der Waals surface area (Å²) in [6, 6.07) is 0. The number of aliphatic carboxylic acids is 1. The predicted octanol–water partition coefficient (Wildman–Crippen LogP) is 1.58. The van der Waals surface area contributed by atoms with Crippen molar-refractivity contribution in [3.8, 4) is 0 Å². The van der Waals surface area contributed by atoms with Crippen LogP contribution in [0.1, 0.15) is 39.5 Å². The lowest BCUT2D eigenvalue weighted by Gasteiger charge is -2.37. The van der Waals surface area contributed by atoms with Crippen molar-refractivity contribution < 1.29 is 15.0 Å². The highest BCUT2D eigenvalue weighted by atomic mass is 16.4. The van der Waals surface area contributed by atoms with Crippen molar-refractivity contribution in [3.05, 3.63) is 0 Å². The Morgan fingerprint density at radius 2 is 1.94 bits per heavy atom. The second-order valence-corrected chi connectivity index (χ2v) is 5.93. The number of carbonyl (C=O) groups is 1. The molecule has 1 aliphatic carbocycles. The highest BCUT2D eigenvalue weighted by Gasteiger charge is 2.36. The Balaban J connectivity index is 2.41. The number of hydrogen-bond acceptors (Lipinski definition) is 3. The van der Waals surface area contributed by atoms with Gasteiger partial charge in [0.15, 0.2) is 0 Å². The van der Waals surface area contributed by atoms with E-state index in [9.17, 15) is 9.90 Å². The molecule has 4 heteroatoms. The van der Waals surface area contributed by atoms with Crippen LogP contribution in [0.5, 0.6) is 0 Å². The van der Waals surface area contributed by atoms with Crippen molar-refractivity contribution in [2.45, 2.75) is 45.1 Å². The Kier molecular flexibility index (Phi) is 4.95. The maximum absolute atomic E-state index is 10.8. The zero-order valence-electron chi connectivity index (χ0n) is 11.1. The van der Waals surface area contributed by atoms with Crippen LogP contribution < -0.4 is 0 Å². The zero-order chi connectivity index (χ0) is 13.1. The molecule has 1 fully saturated rings. The fourth-order valence-corrected chi connectivity index (χ4v) is 2.75. The smallest absolute Gasteiger partial charge is 0.306 e. The van der Waals surface area contributed by atoms with Crippen molar-refractivity contribution in [3.63, 3.8) is 0 Å². The normalized spacial score (nSPS) is 29.9. The average molecular weight is 243 g/mol. The third-order valence-electron chi connectivity index (χ3n) is 3.51. The molecule has 2 N–H and O–H groups in total. The molecule has 0 unspecified atom stereocenters. The molecule has 0 aromatic heterocycles. The van der Waals surface area contributed by atoms with Gasteiger partial charge in [-0.25, -0.2) is 0 Å². The van der Waals surface area contributed by atoms with E-state index in [1.165, 1.54) is 0 Å². The van der Waals surface area contributed by atoms with Crippen LogP contribution in [0.25, 0.3) is 0 Å². The average Bonchev–Trinajstić information content (AvgIpc) is 2.15. The number of nitrogens with zero attached hydrogens (tertiary/aromatic N) is 1. The molecule has 0 bridgehead atoms. The van der Waals surface area contributed by atoms with Crippen molar-refractivity contribution in [1.29, 1.82) is 0 Å². The molecule has 1 aliphatic rings. The molecule has 1 saturated carbocycles. The van der Waals surface area contributed by atoms with Crippen LogP contribution in [0.2, 0.25) is 0 Å². The number of carboxylic acid groups (broad SMARTS) is 1. The van der Waals surface area contributed by atoms with Gasteiger partial charge in [0.1, 0.15) is 0 Å². The van der Waals surface area contributed by atoms with Crippen LogP contribution in [-0.4, -0.2) is 46.8 Å². The quantitative estimate of drug-likeness (QED) is 0.769. The molecule has 17 heavy (non-hydrogen) atoms. The number of aliphatic hydroxyl groups is 1. The Morgan fingerprint density at radius 3 is 2.35 bits per heavy atom. The molecule has 0 atom stereocenters. The summed E-state index contributed by atoms with van der Waals surface area (Å²) < 4.78 is 0. The number of likely N-dealkylation sites (N-methyl/N-ethyl adjacent to an activating group) is 1. The van der Waals surface area contributed by atoms with Crippen molar-refractivity contribution >= 4 is 5.97 Å². The molecule has 0 amide bonds. The Morgan fingerprint density at radius 1 is 1.41 bits per heavy atom. The topological polar surface area (TPSA) is 60.8 Å². The molecule has 0 heterocycles. The summed E-state index contributed by atoms with van der Waals surface area (Å²) in [4.78, 5) is 13.0. The summed E-state index contributed by atoms with van der Waals surface area (Å²) in [7, 11) is 2.02. The second kappa shape index (κ2) is 5.83. The molecular formula is C13H25NO3. The SMILES string of the molecule is CC(C)CN(C)CC1(O)CCC(C(=O)O)CC1. The summed E-state index contributed by atoms with van der Waals surface area (Å²) in [6.45, 7) is 5.92. The van der Waals surface area contributed by atoms with E-state index in [4.69, 9.17) is 5.11 Å². The predicted molar refractivity (Wildman–Crippen MR) is 66.9 cm³/mol. The third kappa shape index (κ3) is 4.64. The van der Waals surface area contributed by atoms with Crippen LogP contribution in [0, 0.1) is 11.8 Å². The second-order valence-electron chi connectivity index (χ2n) is 5.93. The highest BCUT2D eigenvalue weighted by Crippen LogP contribution is 2.32. The monoisotopic (exact) mass is 243 g/mol. The Hall–Kier alpha value is -0.610. The largest absolute Gasteiger partial charge is 0.481 e. The third-order valence-corrected chi connectivity index (χ3v) is 3.51. The highest BCUT2D eigenvalue weighted by molar-refractivity contribution is 5.70. The Bertz CT molecular complexity index is 257. The van der Waals surface area contributed by atoms with E-state index >= 15 is 0 Å². The lowest BCUT2D eigenvalue weighted by molar-refractivity contribution is -0.145. The van der Waals surface area contributed by atoms with Gasteiger partial charge in [-0.1, -0.05) is 13.8 Å². The summed E-state index contributed by atoms with van der Waals surface area (Å²) >= 11 is 0. The zero-order valence-corrected chi connectivity index (χ0v) is 11.1. The molecule has 0 saturated heterocycles. The minimum atomic E-state index is -0.720. The molecule has 0 aliphatic heterocycles. The van der Waals surface area contributed by atoms with Gasteiger partial charge in [0, 0.05) is 13.1 Å². The van der Waals surface area contributed by atoms with Crippen LogP contribution in [0.4, 0.5) is 0 Å². The van der Waals surface area contributed by atoms with E-state index in [-0.39, 0.29) is 5.92 Å². The fraction of sp³-hybridized carbons (Fsp3) is 0.923. The van der Waals surface area contributed by atoms with E-state index in [1.54, 1.807) is 0 Å². The van der Waals surface area contributed by atoms with Crippen molar-refractivity contribution in [2.24, 2.45) is 11.8 Å². The van der Waals surface area contributed by atoms with E-state index in [0.29, 0.717) is 38.1 Å². The van der Waals surface area contributed by atoms with Crippen molar-refractivity contribution in [2.75, 3.05) is 20.1 Å². The number of hydrogen-bond donors (Lipinski definition) is 2. The molecule has 0 spiro atoms. The maximum Gasteiger partial charge on any atom is 0.306 e. The fourth-order valence-electron chi connectivity index (χ4n) is 2.75. The number of rotatable bonds is 5. The van der Waals surface area contributed by atoms with Gasteiger partial charge in [-0.3, -0.25) is 4.79 Å². The molecule has 0 radical (unpaired) electrons. The van der Waals surface area contributed by atoms with E-state index in [0.717, 1.165) is 6.54 Å². The van der Waals surface area contributed by atoms with Gasteiger partial charge in [0.25, 0.3) is 0 Å². The lowest BCUT2D eigenvalue weighted by Crippen LogP contribution is -2.45. The van der Waals surface area contributed by atoms with Gasteiger partial charge in [-0.15, -0.1) is 0 Å². The van der Waals surface area contributed by atoms with Crippen LogP contribution in [0.15, 0.2) is 0 Å². The first-order valence-corrected chi connectivity index (χ1v) is 6.46. The standard InChI is InChI=1S/C13H25NO3/c1-10(2)8-14(3)9-13(17)6-4-11(5-7-13)12(15)16/h10-11,17H,4-9H2,1-3H3,(H,15,16). The molecule has 0 aromatic rings. The van der Waals surface area contributed by atoms with E-state index in [1.807, 2.05) is 7.05 Å². The molecule has 4 nitrogen and oxygen atoms in total. The minimum Gasteiger partial charge on any atom is -0.481 e. The molecule has 1 rings (SSSR count). The summed E-state index contributed by atoms with van der Waals surface area (Å²) in [5.41, 5.74) is -0.685. The first kappa shape index (κ1) is 14.5. The first-order valence-electron chi connectivity index (χ1n) is 6.46. The van der Waals surface area contributed by atoms with E-state index < -0.39 is 11.6 Å². The summed E-state index contributed by atoms with van der Waals surface area (Å²) in [5, 5.41) is 19.3. The van der Waals surface area contributed by atoms with Crippen LogP contribution >= 0.6 is 0 Å². The van der Waals surface area contributed by atoms with Gasteiger partial charge in [-0.2, -0.15) is 0 Å².